The summed E-state index contributed by atoms with van der Waals surface area (Å²) in [7, 11) is 0. The summed E-state index contributed by atoms with van der Waals surface area (Å²) in [6, 6.07) is 0. The molecule has 0 aliphatic rings. The largest absolute Gasteiger partial charge is 0.545 e. The third-order valence-corrected chi connectivity index (χ3v) is 3.45. The number of carbonyl (C=O) groups is 1. The molecule has 0 atom stereocenters. The molecule has 0 amide bonds. The quantitative estimate of drug-likeness (QED) is 0.266. The minimum atomic E-state index is -1.13. The summed E-state index contributed by atoms with van der Waals surface area (Å²) >= 11 is 0. The molecule has 0 aromatic carbocycles. The van der Waals surface area contributed by atoms with Gasteiger partial charge in [0.25, 0.3) is 0 Å². The van der Waals surface area contributed by atoms with E-state index in [1.54, 1.807) is 6.08 Å². The van der Waals surface area contributed by atoms with Gasteiger partial charge in [-0.3, -0.25) is 0 Å². The predicted octanol–water partition coefficient (Wildman–Crippen LogP) is 4.55. The second-order valence-corrected chi connectivity index (χ2v) is 5.43. The number of allylic oxidation sites excluding steroid dienone is 3. The van der Waals surface area contributed by atoms with Crippen molar-refractivity contribution in [3.63, 3.8) is 0 Å². The van der Waals surface area contributed by atoms with Crippen LogP contribution < -0.4 is 5.11 Å². The van der Waals surface area contributed by atoms with Crippen LogP contribution in [0.15, 0.2) is 24.3 Å². The number of rotatable bonds is 14. The maximum atomic E-state index is 10.1. The van der Waals surface area contributed by atoms with Gasteiger partial charge >= 0.3 is 0 Å². The Morgan fingerprint density at radius 3 is 1.80 bits per heavy atom. The highest BCUT2D eigenvalue weighted by molar-refractivity contribution is 5.77. The van der Waals surface area contributed by atoms with Crippen molar-refractivity contribution in [2.24, 2.45) is 0 Å². The summed E-state index contributed by atoms with van der Waals surface area (Å²) in [6.07, 6.45) is 22.3. The van der Waals surface area contributed by atoms with Crippen molar-refractivity contribution < 1.29 is 9.90 Å². The number of aliphatic carboxylic acids is 1. The molecule has 0 aliphatic carbocycles. The van der Waals surface area contributed by atoms with Gasteiger partial charge in [0.15, 0.2) is 0 Å². The number of hydrogen-bond donors (Lipinski definition) is 0. The lowest BCUT2D eigenvalue weighted by atomic mass is 10.1. The lowest BCUT2D eigenvalue weighted by molar-refractivity contribution is -0.297. The molecule has 116 valence electrons. The second-order valence-electron chi connectivity index (χ2n) is 5.43. The monoisotopic (exact) mass is 279 g/mol. The number of carboxylic acid groups (broad SMARTS) is 1. The van der Waals surface area contributed by atoms with E-state index in [-0.39, 0.29) is 0 Å². The van der Waals surface area contributed by atoms with Crippen LogP contribution in [0.25, 0.3) is 0 Å². The molecule has 0 aromatic heterocycles. The van der Waals surface area contributed by atoms with Crippen LogP contribution in [-0.4, -0.2) is 5.97 Å². The third kappa shape index (κ3) is 16.9. The van der Waals surface area contributed by atoms with E-state index in [0.717, 1.165) is 12.5 Å². The standard InChI is InChI=1S/C18H32O2/c1-2-3-4-5-6-7-8-9-10-11-12-13-14-15-16-17-18(19)20/h14-17H,2-13H2,1H3,(H,19,20)/p-1/b15-14+,17-16+. The number of carboxylic acids is 1. The summed E-state index contributed by atoms with van der Waals surface area (Å²) in [6.45, 7) is 2.26. The molecule has 0 radical (unpaired) electrons. The van der Waals surface area contributed by atoms with Gasteiger partial charge in [-0.2, -0.15) is 0 Å². The Balaban J connectivity index is 3.11. The average Bonchev–Trinajstić information content (AvgIpc) is 2.43. The maximum absolute atomic E-state index is 10.1. The van der Waals surface area contributed by atoms with Crippen molar-refractivity contribution in [3.8, 4) is 0 Å². The highest BCUT2D eigenvalue weighted by Gasteiger charge is 1.92. The van der Waals surface area contributed by atoms with E-state index < -0.39 is 5.97 Å². The van der Waals surface area contributed by atoms with Crippen LogP contribution in [0, 0.1) is 0 Å². The molecule has 0 aliphatic heterocycles. The second kappa shape index (κ2) is 16.0. The zero-order valence-corrected chi connectivity index (χ0v) is 13.1. The Bertz CT molecular complexity index is 267. The van der Waals surface area contributed by atoms with E-state index in [1.807, 2.05) is 6.08 Å². The first-order chi connectivity index (χ1) is 9.77. The molecule has 2 nitrogen and oxygen atoms in total. The van der Waals surface area contributed by atoms with Crippen LogP contribution >= 0.6 is 0 Å². The fourth-order valence-corrected chi connectivity index (χ4v) is 2.24. The van der Waals surface area contributed by atoms with Crippen molar-refractivity contribution in [1.29, 1.82) is 0 Å². The Hall–Kier alpha value is -1.05. The Kier molecular flexibility index (Phi) is 15.2. The van der Waals surface area contributed by atoms with Crippen LogP contribution in [-0.2, 0) is 4.79 Å². The lowest BCUT2D eigenvalue weighted by Crippen LogP contribution is -2.18. The van der Waals surface area contributed by atoms with Gasteiger partial charge in [0.05, 0.1) is 5.97 Å². The smallest absolute Gasteiger partial charge is 0.0642 e. The van der Waals surface area contributed by atoms with E-state index >= 15 is 0 Å². The van der Waals surface area contributed by atoms with E-state index in [1.165, 1.54) is 76.7 Å². The molecule has 0 bridgehead atoms. The average molecular weight is 279 g/mol. The molecule has 0 saturated heterocycles. The zero-order chi connectivity index (χ0) is 14.9. The highest BCUT2D eigenvalue weighted by Crippen LogP contribution is 2.11. The van der Waals surface area contributed by atoms with Crippen LogP contribution in [0.1, 0.15) is 84.0 Å². The van der Waals surface area contributed by atoms with Crippen molar-refractivity contribution in [2.75, 3.05) is 0 Å². The summed E-state index contributed by atoms with van der Waals surface area (Å²) in [4.78, 5) is 10.1. The molecule has 2 heteroatoms. The van der Waals surface area contributed by atoms with Crippen molar-refractivity contribution in [2.45, 2.75) is 84.0 Å². The van der Waals surface area contributed by atoms with E-state index in [2.05, 4.69) is 6.92 Å². The van der Waals surface area contributed by atoms with Gasteiger partial charge in [-0.05, 0) is 18.9 Å². The SMILES string of the molecule is CCCCCCCCCCCCC/C=C/C=C/C(=O)[O-]. The van der Waals surface area contributed by atoms with Gasteiger partial charge in [-0.25, -0.2) is 0 Å². The minimum absolute atomic E-state index is 1.04. The first-order valence-corrected chi connectivity index (χ1v) is 8.31. The maximum Gasteiger partial charge on any atom is 0.0642 e. The van der Waals surface area contributed by atoms with Crippen molar-refractivity contribution in [3.05, 3.63) is 24.3 Å². The fourth-order valence-electron chi connectivity index (χ4n) is 2.24. The number of carbonyl (C=O) groups excluding carboxylic acids is 1. The first-order valence-electron chi connectivity index (χ1n) is 8.31. The number of hydrogen-bond acceptors (Lipinski definition) is 2. The van der Waals surface area contributed by atoms with Gasteiger partial charge in [0.2, 0.25) is 0 Å². The van der Waals surface area contributed by atoms with Gasteiger partial charge in [0.1, 0.15) is 0 Å². The van der Waals surface area contributed by atoms with Gasteiger partial charge in [-0.1, -0.05) is 89.4 Å². The van der Waals surface area contributed by atoms with Crippen LogP contribution in [0.5, 0.6) is 0 Å². The van der Waals surface area contributed by atoms with Crippen LogP contribution in [0.2, 0.25) is 0 Å². The highest BCUT2D eigenvalue weighted by atomic mass is 16.4. The van der Waals surface area contributed by atoms with Gasteiger partial charge < -0.3 is 9.90 Å². The Labute approximate surface area is 125 Å². The first kappa shape index (κ1) is 18.9. The van der Waals surface area contributed by atoms with Gasteiger partial charge in [-0.15, -0.1) is 0 Å². The molecular formula is C18H31O2-. The summed E-state index contributed by atoms with van der Waals surface area (Å²) in [5.74, 6) is -1.13. The topological polar surface area (TPSA) is 40.1 Å². The van der Waals surface area contributed by atoms with Crippen LogP contribution in [0.3, 0.4) is 0 Å². The molecule has 0 fully saturated rings. The molecule has 0 spiro atoms. The van der Waals surface area contributed by atoms with E-state index in [9.17, 15) is 9.90 Å². The molecule has 0 rings (SSSR count). The number of unbranched alkanes of at least 4 members (excludes halogenated alkanes) is 11. The van der Waals surface area contributed by atoms with Crippen molar-refractivity contribution >= 4 is 5.97 Å². The molecular weight excluding hydrogens is 248 g/mol. The molecule has 0 N–H and O–H groups in total. The Morgan fingerprint density at radius 1 is 0.800 bits per heavy atom. The molecule has 20 heavy (non-hydrogen) atoms. The fraction of sp³-hybridized carbons (Fsp3) is 0.722. The molecule has 0 heterocycles. The Morgan fingerprint density at radius 2 is 1.30 bits per heavy atom. The third-order valence-electron chi connectivity index (χ3n) is 3.45. The normalized spacial score (nSPS) is 11.7. The predicted molar refractivity (Wildman–Crippen MR) is 84.4 cm³/mol. The molecule has 0 aromatic rings. The summed E-state index contributed by atoms with van der Waals surface area (Å²) < 4.78 is 0. The zero-order valence-electron chi connectivity index (χ0n) is 13.1. The van der Waals surface area contributed by atoms with E-state index in [4.69, 9.17) is 0 Å². The lowest BCUT2D eigenvalue weighted by Gasteiger charge is -2.01. The minimum Gasteiger partial charge on any atom is -0.545 e. The summed E-state index contributed by atoms with van der Waals surface area (Å²) in [5.41, 5.74) is 0. The van der Waals surface area contributed by atoms with E-state index in [0.29, 0.717) is 0 Å². The molecule has 0 saturated carbocycles. The molecule has 0 unspecified atom stereocenters. The summed E-state index contributed by atoms with van der Waals surface area (Å²) in [5, 5.41) is 10.1. The van der Waals surface area contributed by atoms with Crippen molar-refractivity contribution in [1.82, 2.24) is 0 Å². The van der Waals surface area contributed by atoms with Crippen LogP contribution in [0.4, 0.5) is 0 Å². The van der Waals surface area contributed by atoms with Gasteiger partial charge in [0, 0.05) is 0 Å².